The number of hydrogen-bond acceptors (Lipinski definition) is 4. The van der Waals surface area contributed by atoms with Crippen molar-refractivity contribution in [3.05, 3.63) is 58.1 Å². The highest BCUT2D eigenvalue weighted by molar-refractivity contribution is 6.35. The molecule has 28 heavy (non-hydrogen) atoms. The Labute approximate surface area is 172 Å². The molecule has 2 aromatic carbocycles. The molecule has 1 saturated carbocycles. The van der Waals surface area contributed by atoms with Crippen LogP contribution in [0.25, 0.3) is 0 Å². The monoisotopic (exact) mass is 419 g/mol. The van der Waals surface area contributed by atoms with E-state index in [0.29, 0.717) is 21.5 Å². The van der Waals surface area contributed by atoms with Gasteiger partial charge in [-0.2, -0.15) is 5.10 Å². The number of ether oxygens (including phenoxy) is 1. The van der Waals surface area contributed by atoms with Gasteiger partial charge in [0, 0.05) is 16.6 Å². The fraction of sp³-hybridized carbons (Fsp3) is 0.250. The topological polar surface area (TPSA) is 79.8 Å². The van der Waals surface area contributed by atoms with E-state index in [-0.39, 0.29) is 18.4 Å². The Bertz CT molecular complexity index is 909. The third kappa shape index (κ3) is 5.71. The number of hydrogen-bond donors (Lipinski definition) is 2. The summed E-state index contributed by atoms with van der Waals surface area (Å²) >= 11 is 11.8. The summed E-state index contributed by atoms with van der Waals surface area (Å²) in [6.07, 6.45) is 1.92. The smallest absolute Gasteiger partial charge is 0.277 e. The Kier molecular flexibility index (Phi) is 6.54. The molecule has 2 amide bonds. The summed E-state index contributed by atoms with van der Waals surface area (Å²) in [4.78, 5) is 23.7. The lowest BCUT2D eigenvalue weighted by Crippen LogP contribution is -2.25. The highest BCUT2D eigenvalue weighted by atomic mass is 35.5. The van der Waals surface area contributed by atoms with E-state index in [4.69, 9.17) is 27.9 Å². The molecule has 0 radical (unpaired) electrons. The predicted molar refractivity (Wildman–Crippen MR) is 110 cm³/mol. The molecule has 6 nitrogen and oxygen atoms in total. The van der Waals surface area contributed by atoms with Crippen LogP contribution in [0, 0.1) is 5.92 Å². The van der Waals surface area contributed by atoms with Gasteiger partial charge in [0.2, 0.25) is 5.91 Å². The van der Waals surface area contributed by atoms with E-state index >= 15 is 0 Å². The molecule has 0 atom stereocenters. The summed E-state index contributed by atoms with van der Waals surface area (Å²) in [6.45, 7) is 1.54. The van der Waals surface area contributed by atoms with Crippen LogP contribution >= 0.6 is 23.2 Å². The second kappa shape index (κ2) is 9.08. The van der Waals surface area contributed by atoms with Gasteiger partial charge < -0.3 is 10.1 Å². The molecule has 1 aliphatic rings. The number of hydrazone groups is 1. The van der Waals surface area contributed by atoms with Gasteiger partial charge in [0.1, 0.15) is 5.75 Å². The Morgan fingerprint density at radius 1 is 1.14 bits per heavy atom. The third-order valence-corrected chi connectivity index (χ3v) is 4.65. The van der Waals surface area contributed by atoms with E-state index in [1.54, 1.807) is 19.1 Å². The first-order chi connectivity index (χ1) is 13.4. The molecule has 3 rings (SSSR count). The fourth-order valence-corrected chi connectivity index (χ4v) is 2.83. The molecule has 0 unspecified atom stereocenters. The van der Waals surface area contributed by atoms with Gasteiger partial charge in [0.05, 0.1) is 10.7 Å². The quantitative estimate of drug-likeness (QED) is 0.519. The summed E-state index contributed by atoms with van der Waals surface area (Å²) in [5.41, 5.74) is 4.63. The number of carbonyl (C=O) groups excluding carboxylic acids is 2. The summed E-state index contributed by atoms with van der Waals surface area (Å²) in [7, 11) is 0. The number of rotatable bonds is 7. The van der Waals surface area contributed by atoms with Crippen LogP contribution in [0.1, 0.15) is 25.3 Å². The molecule has 0 bridgehead atoms. The van der Waals surface area contributed by atoms with Crippen molar-refractivity contribution >= 4 is 46.4 Å². The van der Waals surface area contributed by atoms with Crippen molar-refractivity contribution in [3.8, 4) is 5.75 Å². The SMILES string of the molecule is C/C(=N\NC(=O)COc1ccc(Cl)cc1Cl)c1ccc(NC(=O)C2CC2)cc1. The molecule has 0 saturated heterocycles. The van der Waals surface area contributed by atoms with E-state index in [1.807, 2.05) is 24.3 Å². The molecular weight excluding hydrogens is 401 g/mol. The Morgan fingerprint density at radius 2 is 1.86 bits per heavy atom. The Hall–Kier alpha value is -2.57. The van der Waals surface area contributed by atoms with Gasteiger partial charge in [-0.1, -0.05) is 35.3 Å². The van der Waals surface area contributed by atoms with E-state index in [1.165, 1.54) is 6.07 Å². The number of anilines is 1. The summed E-state index contributed by atoms with van der Waals surface area (Å²) in [5, 5.41) is 7.76. The first kappa shape index (κ1) is 20.2. The normalized spacial score (nSPS) is 13.8. The van der Waals surface area contributed by atoms with Crippen molar-refractivity contribution in [3.63, 3.8) is 0 Å². The number of amides is 2. The van der Waals surface area contributed by atoms with Crippen molar-refractivity contribution in [1.82, 2.24) is 5.43 Å². The van der Waals surface area contributed by atoms with Crippen LogP contribution in [-0.2, 0) is 9.59 Å². The van der Waals surface area contributed by atoms with Crippen molar-refractivity contribution in [2.75, 3.05) is 11.9 Å². The summed E-state index contributed by atoms with van der Waals surface area (Å²) in [6, 6.07) is 12.0. The summed E-state index contributed by atoms with van der Waals surface area (Å²) < 4.78 is 5.36. The lowest BCUT2D eigenvalue weighted by atomic mass is 10.1. The molecule has 0 aliphatic heterocycles. The van der Waals surface area contributed by atoms with Crippen LogP contribution in [-0.4, -0.2) is 24.1 Å². The number of halogens is 2. The van der Waals surface area contributed by atoms with Crippen LogP contribution in [0.5, 0.6) is 5.75 Å². The van der Waals surface area contributed by atoms with Crippen molar-refractivity contribution in [2.45, 2.75) is 19.8 Å². The first-order valence-electron chi connectivity index (χ1n) is 8.74. The zero-order valence-electron chi connectivity index (χ0n) is 15.2. The maximum absolute atomic E-state index is 11.9. The fourth-order valence-electron chi connectivity index (χ4n) is 2.36. The second-order valence-corrected chi connectivity index (χ2v) is 7.28. The molecule has 0 heterocycles. The average Bonchev–Trinajstić information content (AvgIpc) is 3.51. The zero-order chi connectivity index (χ0) is 20.1. The average molecular weight is 420 g/mol. The molecule has 2 N–H and O–H groups in total. The van der Waals surface area contributed by atoms with Gasteiger partial charge in [-0.05, 0) is 55.7 Å². The van der Waals surface area contributed by atoms with Crippen LogP contribution in [0.3, 0.4) is 0 Å². The molecule has 8 heteroatoms. The van der Waals surface area contributed by atoms with Crippen LogP contribution in [0.15, 0.2) is 47.6 Å². The number of carbonyl (C=O) groups is 2. The number of nitrogens with zero attached hydrogens (tertiary/aromatic N) is 1. The minimum atomic E-state index is -0.418. The number of nitrogens with one attached hydrogen (secondary N) is 2. The molecule has 1 fully saturated rings. The minimum absolute atomic E-state index is 0.0613. The van der Waals surface area contributed by atoms with Crippen molar-refractivity contribution in [1.29, 1.82) is 0 Å². The van der Waals surface area contributed by atoms with Gasteiger partial charge in [-0.3, -0.25) is 9.59 Å². The highest BCUT2D eigenvalue weighted by Gasteiger charge is 2.29. The Morgan fingerprint density at radius 3 is 2.50 bits per heavy atom. The highest BCUT2D eigenvalue weighted by Crippen LogP contribution is 2.30. The maximum atomic E-state index is 11.9. The standard InChI is InChI=1S/C20H19Cl2N3O3/c1-12(13-4-7-16(8-5-13)23-20(27)14-2-3-14)24-25-19(26)11-28-18-9-6-15(21)10-17(18)22/h4-10,14H,2-3,11H2,1H3,(H,23,27)(H,25,26)/b24-12+. The first-order valence-corrected chi connectivity index (χ1v) is 9.50. The molecule has 2 aromatic rings. The van der Waals surface area contributed by atoms with Crippen LogP contribution in [0.4, 0.5) is 5.69 Å². The molecular formula is C20H19Cl2N3O3. The zero-order valence-corrected chi connectivity index (χ0v) is 16.7. The molecule has 0 spiro atoms. The lowest BCUT2D eigenvalue weighted by Gasteiger charge is -2.08. The number of benzene rings is 2. The van der Waals surface area contributed by atoms with Gasteiger partial charge in [0.15, 0.2) is 6.61 Å². The van der Waals surface area contributed by atoms with E-state index < -0.39 is 5.91 Å². The molecule has 146 valence electrons. The maximum Gasteiger partial charge on any atom is 0.277 e. The largest absolute Gasteiger partial charge is 0.482 e. The Balaban J connectivity index is 1.50. The van der Waals surface area contributed by atoms with Gasteiger partial charge >= 0.3 is 0 Å². The molecule has 1 aliphatic carbocycles. The van der Waals surface area contributed by atoms with E-state index in [9.17, 15) is 9.59 Å². The lowest BCUT2D eigenvalue weighted by molar-refractivity contribution is -0.123. The van der Waals surface area contributed by atoms with Gasteiger partial charge in [-0.15, -0.1) is 0 Å². The van der Waals surface area contributed by atoms with Crippen molar-refractivity contribution in [2.24, 2.45) is 11.0 Å². The van der Waals surface area contributed by atoms with Crippen LogP contribution < -0.4 is 15.5 Å². The van der Waals surface area contributed by atoms with Gasteiger partial charge in [-0.25, -0.2) is 5.43 Å². The molecule has 0 aromatic heterocycles. The van der Waals surface area contributed by atoms with E-state index in [2.05, 4.69) is 15.8 Å². The second-order valence-electron chi connectivity index (χ2n) is 6.44. The van der Waals surface area contributed by atoms with Crippen LogP contribution in [0.2, 0.25) is 10.0 Å². The summed E-state index contributed by atoms with van der Waals surface area (Å²) in [5.74, 6) is 0.166. The van der Waals surface area contributed by atoms with E-state index in [0.717, 1.165) is 24.1 Å². The third-order valence-electron chi connectivity index (χ3n) is 4.12. The van der Waals surface area contributed by atoms with Crippen molar-refractivity contribution < 1.29 is 14.3 Å². The van der Waals surface area contributed by atoms with Gasteiger partial charge in [0.25, 0.3) is 5.91 Å². The minimum Gasteiger partial charge on any atom is -0.482 e. The predicted octanol–water partition coefficient (Wildman–Crippen LogP) is 4.26.